The number of halogens is 3. The van der Waals surface area contributed by atoms with Gasteiger partial charge >= 0.3 is 6.18 Å². The van der Waals surface area contributed by atoms with Gasteiger partial charge in [0.05, 0.1) is 12.8 Å². The average molecular weight is 338 g/mol. The summed E-state index contributed by atoms with van der Waals surface area (Å²) in [7, 11) is 0. The van der Waals surface area contributed by atoms with E-state index < -0.39 is 11.9 Å². The van der Waals surface area contributed by atoms with E-state index in [1.54, 1.807) is 18.6 Å². The summed E-state index contributed by atoms with van der Waals surface area (Å²) in [5.41, 5.74) is -0.940. The molecule has 2 aromatic heterocycles. The van der Waals surface area contributed by atoms with Crippen molar-refractivity contribution >= 4 is 5.82 Å². The zero-order valence-electron chi connectivity index (χ0n) is 12.9. The molecular formula is C16H17F3N4O. The van der Waals surface area contributed by atoms with Gasteiger partial charge < -0.3 is 9.64 Å². The van der Waals surface area contributed by atoms with Crippen LogP contribution < -0.4 is 9.64 Å². The Labute approximate surface area is 137 Å². The maximum atomic E-state index is 12.7. The van der Waals surface area contributed by atoms with Gasteiger partial charge in [-0.25, -0.2) is 4.98 Å². The van der Waals surface area contributed by atoms with Crippen LogP contribution >= 0.6 is 0 Å². The molecule has 3 heterocycles. The minimum Gasteiger partial charge on any atom is -0.493 e. The number of hydrogen-bond donors (Lipinski definition) is 0. The highest BCUT2D eigenvalue weighted by atomic mass is 19.4. The molecule has 2 aromatic rings. The number of ether oxygens (including phenoxy) is 1. The highest BCUT2D eigenvalue weighted by molar-refractivity contribution is 5.35. The number of rotatable bonds is 4. The SMILES string of the molecule is FC(F)(F)c1cc(OCC2CCCN(c3cnccn3)C2)ccn1. The smallest absolute Gasteiger partial charge is 0.433 e. The van der Waals surface area contributed by atoms with Gasteiger partial charge in [0.1, 0.15) is 17.3 Å². The van der Waals surface area contributed by atoms with Crippen LogP contribution in [0.2, 0.25) is 0 Å². The van der Waals surface area contributed by atoms with Crippen LogP contribution in [0.25, 0.3) is 0 Å². The molecule has 1 unspecified atom stereocenters. The van der Waals surface area contributed by atoms with Crippen LogP contribution in [0, 0.1) is 5.92 Å². The first-order chi connectivity index (χ1) is 11.5. The molecule has 0 aromatic carbocycles. The second-order valence-electron chi connectivity index (χ2n) is 5.70. The predicted octanol–water partition coefficient (Wildman–Crippen LogP) is 3.19. The van der Waals surface area contributed by atoms with E-state index in [4.69, 9.17) is 4.74 Å². The number of hydrogen-bond acceptors (Lipinski definition) is 5. The van der Waals surface area contributed by atoms with Crippen LogP contribution in [0.3, 0.4) is 0 Å². The number of piperidine rings is 1. The van der Waals surface area contributed by atoms with E-state index in [2.05, 4.69) is 19.9 Å². The van der Waals surface area contributed by atoms with E-state index >= 15 is 0 Å². The van der Waals surface area contributed by atoms with Crippen LogP contribution in [-0.4, -0.2) is 34.6 Å². The lowest BCUT2D eigenvalue weighted by molar-refractivity contribution is -0.141. The van der Waals surface area contributed by atoms with Gasteiger partial charge in [-0.05, 0) is 18.9 Å². The molecule has 3 rings (SSSR count). The third-order valence-corrected chi connectivity index (χ3v) is 3.90. The molecule has 24 heavy (non-hydrogen) atoms. The van der Waals surface area contributed by atoms with Crippen LogP contribution in [0.5, 0.6) is 5.75 Å². The van der Waals surface area contributed by atoms with E-state index in [0.29, 0.717) is 6.61 Å². The van der Waals surface area contributed by atoms with Crippen molar-refractivity contribution in [2.24, 2.45) is 5.92 Å². The minimum atomic E-state index is -4.47. The molecule has 1 fully saturated rings. The van der Waals surface area contributed by atoms with Crippen molar-refractivity contribution in [3.05, 3.63) is 42.6 Å². The third kappa shape index (κ3) is 4.12. The maximum absolute atomic E-state index is 12.7. The van der Waals surface area contributed by atoms with E-state index in [1.165, 1.54) is 6.07 Å². The molecule has 0 saturated carbocycles. The quantitative estimate of drug-likeness (QED) is 0.857. The van der Waals surface area contributed by atoms with Crippen molar-refractivity contribution in [3.63, 3.8) is 0 Å². The Morgan fingerprint density at radius 3 is 2.83 bits per heavy atom. The Bertz CT molecular complexity index is 666. The number of nitrogens with zero attached hydrogens (tertiary/aromatic N) is 4. The molecule has 1 aliphatic heterocycles. The van der Waals surface area contributed by atoms with Crippen molar-refractivity contribution < 1.29 is 17.9 Å². The number of anilines is 1. The van der Waals surface area contributed by atoms with Crippen LogP contribution in [0.15, 0.2) is 36.9 Å². The maximum Gasteiger partial charge on any atom is 0.433 e. The Kier molecular flexibility index (Phi) is 4.82. The molecule has 0 N–H and O–H groups in total. The summed E-state index contributed by atoms with van der Waals surface area (Å²) in [4.78, 5) is 13.8. The molecule has 0 spiro atoms. The standard InChI is InChI=1S/C16H17F3N4O/c17-16(18,19)14-8-13(3-4-21-14)24-11-12-2-1-7-23(10-12)15-9-20-5-6-22-15/h3-6,8-9,12H,1-2,7,10-11H2. The van der Waals surface area contributed by atoms with Crippen molar-refractivity contribution in [3.8, 4) is 5.75 Å². The van der Waals surface area contributed by atoms with Gasteiger partial charge in [0.25, 0.3) is 0 Å². The van der Waals surface area contributed by atoms with E-state index in [9.17, 15) is 13.2 Å². The molecule has 0 amide bonds. The Balaban J connectivity index is 1.59. The summed E-state index contributed by atoms with van der Waals surface area (Å²) in [6, 6.07) is 2.38. The summed E-state index contributed by atoms with van der Waals surface area (Å²) in [5.74, 6) is 1.22. The molecule has 5 nitrogen and oxygen atoms in total. The largest absolute Gasteiger partial charge is 0.493 e. The molecular weight excluding hydrogens is 321 g/mol. The van der Waals surface area contributed by atoms with Gasteiger partial charge in [0, 0.05) is 43.7 Å². The molecule has 1 atom stereocenters. The van der Waals surface area contributed by atoms with Crippen molar-refractivity contribution in [2.75, 3.05) is 24.6 Å². The van der Waals surface area contributed by atoms with Gasteiger partial charge in [0.2, 0.25) is 0 Å². The first-order valence-electron chi connectivity index (χ1n) is 7.69. The minimum absolute atomic E-state index is 0.189. The molecule has 1 aliphatic rings. The lowest BCUT2D eigenvalue weighted by atomic mass is 9.99. The third-order valence-electron chi connectivity index (χ3n) is 3.90. The second-order valence-corrected chi connectivity index (χ2v) is 5.70. The molecule has 8 heteroatoms. The summed E-state index contributed by atoms with van der Waals surface area (Å²) >= 11 is 0. The van der Waals surface area contributed by atoms with E-state index in [0.717, 1.165) is 44.0 Å². The van der Waals surface area contributed by atoms with Crippen LogP contribution in [0.1, 0.15) is 18.5 Å². The summed E-state index contributed by atoms with van der Waals surface area (Å²) < 4.78 is 43.6. The first-order valence-corrected chi connectivity index (χ1v) is 7.69. The second kappa shape index (κ2) is 7.02. The van der Waals surface area contributed by atoms with Crippen LogP contribution in [-0.2, 0) is 6.18 Å². The fourth-order valence-corrected chi connectivity index (χ4v) is 2.73. The van der Waals surface area contributed by atoms with Gasteiger partial charge in [-0.2, -0.15) is 13.2 Å². The molecule has 1 saturated heterocycles. The highest BCUT2D eigenvalue weighted by Crippen LogP contribution is 2.30. The van der Waals surface area contributed by atoms with Gasteiger partial charge in [-0.3, -0.25) is 9.97 Å². The topological polar surface area (TPSA) is 51.1 Å². The number of aromatic nitrogens is 3. The van der Waals surface area contributed by atoms with E-state index in [1.807, 2.05) is 0 Å². The Morgan fingerprint density at radius 1 is 1.21 bits per heavy atom. The normalized spacial score (nSPS) is 18.5. The highest BCUT2D eigenvalue weighted by Gasteiger charge is 2.32. The van der Waals surface area contributed by atoms with Crippen molar-refractivity contribution in [2.45, 2.75) is 19.0 Å². The van der Waals surface area contributed by atoms with Gasteiger partial charge in [-0.15, -0.1) is 0 Å². The van der Waals surface area contributed by atoms with Crippen LogP contribution in [0.4, 0.5) is 19.0 Å². The summed E-state index contributed by atoms with van der Waals surface area (Å²) in [6.45, 7) is 2.00. The summed E-state index contributed by atoms with van der Waals surface area (Å²) in [6.07, 6.45) is 3.57. The molecule has 0 aliphatic carbocycles. The zero-order valence-corrected chi connectivity index (χ0v) is 12.9. The first kappa shape index (κ1) is 16.5. The Morgan fingerprint density at radius 2 is 2.08 bits per heavy atom. The lowest BCUT2D eigenvalue weighted by Gasteiger charge is -2.33. The van der Waals surface area contributed by atoms with Crippen molar-refractivity contribution in [1.29, 1.82) is 0 Å². The fourth-order valence-electron chi connectivity index (χ4n) is 2.73. The predicted molar refractivity (Wildman–Crippen MR) is 81.7 cm³/mol. The average Bonchev–Trinajstić information content (AvgIpc) is 2.61. The van der Waals surface area contributed by atoms with Gasteiger partial charge in [0.15, 0.2) is 0 Å². The molecule has 128 valence electrons. The fraction of sp³-hybridized carbons (Fsp3) is 0.438. The zero-order chi connectivity index (χ0) is 17.0. The van der Waals surface area contributed by atoms with Crippen molar-refractivity contribution in [1.82, 2.24) is 15.0 Å². The Hall–Kier alpha value is -2.38. The lowest BCUT2D eigenvalue weighted by Crippen LogP contribution is -2.38. The number of alkyl halides is 3. The monoisotopic (exact) mass is 338 g/mol. The van der Waals surface area contributed by atoms with E-state index in [-0.39, 0.29) is 11.7 Å². The van der Waals surface area contributed by atoms with Gasteiger partial charge in [-0.1, -0.05) is 0 Å². The number of pyridine rings is 1. The summed E-state index contributed by atoms with van der Waals surface area (Å²) in [5, 5.41) is 0. The molecule has 0 radical (unpaired) electrons. The molecule has 0 bridgehead atoms.